The van der Waals surface area contributed by atoms with Crippen LogP contribution in [-0.4, -0.2) is 34.9 Å². The van der Waals surface area contributed by atoms with Crippen LogP contribution in [0, 0.1) is 0 Å². The topological polar surface area (TPSA) is 44.8 Å². The molecule has 6 heteroatoms. The number of cyclic esters (lactones) is 1. The van der Waals surface area contributed by atoms with Gasteiger partial charge in [0.05, 0.1) is 6.61 Å². The summed E-state index contributed by atoms with van der Waals surface area (Å²) in [5.41, 5.74) is 0. The molecule has 0 aromatic heterocycles. The number of esters is 1. The van der Waals surface area contributed by atoms with E-state index in [4.69, 9.17) is 37.4 Å². The highest BCUT2D eigenvalue weighted by atomic mass is 35.5. The fourth-order valence-electron chi connectivity index (χ4n) is 1.50. The molecular weight excluding hydrogens is 231 g/mol. The van der Waals surface area contributed by atoms with Gasteiger partial charge in [0.25, 0.3) is 4.33 Å². The van der Waals surface area contributed by atoms with E-state index in [1.54, 1.807) is 13.8 Å². The third kappa shape index (κ3) is 1.50. The molecule has 2 rings (SSSR count). The second-order valence-corrected chi connectivity index (χ2v) is 5.20. The molecule has 2 fully saturated rings. The van der Waals surface area contributed by atoms with Crippen LogP contribution in [0.25, 0.3) is 0 Å². The van der Waals surface area contributed by atoms with Gasteiger partial charge in [0.2, 0.25) is 0 Å². The van der Waals surface area contributed by atoms with Crippen LogP contribution in [-0.2, 0) is 19.0 Å². The van der Waals surface area contributed by atoms with Crippen LogP contribution in [0.4, 0.5) is 0 Å². The van der Waals surface area contributed by atoms with Gasteiger partial charge in [0.1, 0.15) is 6.10 Å². The van der Waals surface area contributed by atoms with Gasteiger partial charge < -0.3 is 14.2 Å². The predicted molar refractivity (Wildman–Crippen MR) is 49.2 cm³/mol. The number of halogens is 2. The minimum Gasteiger partial charge on any atom is -0.453 e. The van der Waals surface area contributed by atoms with Gasteiger partial charge in [-0.2, -0.15) is 0 Å². The van der Waals surface area contributed by atoms with Crippen molar-refractivity contribution in [2.75, 3.05) is 6.61 Å². The van der Waals surface area contributed by atoms with Gasteiger partial charge >= 0.3 is 5.97 Å². The van der Waals surface area contributed by atoms with Crippen molar-refractivity contribution in [1.82, 2.24) is 0 Å². The molecule has 2 saturated heterocycles. The quantitative estimate of drug-likeness (QED) is 0.511. The number of rotatable bonds is 1. The minimum atomic E-state index is -1.49. The zero-order valence-electron chi connectivity index (χ0n) is 7.75. The Labute approximate surface area is 91.4 Å². The second kappa shape index (κ2) is 2.98. The highest BCUT2D eigenvalue weighted by molar-refractivity contribution is 6.59. The molecule has 0 bridgehead atoms. The van der Waals surface area contributed by atoms with Crippen molar-refractivity contribution in [1.29, 1.82) is 0 Å². The van der Waals surface area contributed by atoms with Crippen LogP contribution >= 0.6 is 23.2 Å². The molecule has 2 aliphatic rings. The van der Waals surface area contributed by atoms with E-state index in [1.165, 1.54) is 0 Å². The van der Waals surface area contributed by atoms with Crippen LogP contribution in [0.5, 0.6) is 0 Å². The number of carbonyl (C=O) groups is 1. The monoisotopic (exact) mass is 240 g/mol. The lowest BCUT2D eigenvalue weighted by Gasteiger charge is -2.40. The Bertz CT molecular complexity index is 277. The summed E-state index contributed by atoms with van der Waals surface area (Å²) in [7, 11) is 0. The van der Waals surface area contributed by atoms with Crippen molar-refractivity contribution < 1.29 is 19.0 Å². The van der Waals surface area contributed by atoms with E-state index in [9.17, 15) is 4.79 Å². The lowest BCUT2D eigenvalue weighted by Crippen LogP contribution is -2.61. The van der Waals surface area contributed by atoms with Gasteiger partial charge in [-0.15, -0.1) is 0 Å². The summed E-state index contributed by atoms with van der Waals surface area (Å²) in [4.78, 5) is 10.9. The van der Waals surface area contributed by atoms with Crippen molar-refractivity contribution in [2.24, 2.45) is 0 Å². The summed E-state index contributed by atoms with van der Waals surface area (Å²) >= 11 is 11.5. The fraction of sp³-hybridized carbons (Fsp3) is 0.875. The van der Waals surface area contributed by atoms with Gasteiger partial charge in [-0.1, -0.05) is 23.2 Å². The molecule has 2 atom stereocenters. The molecule has 0 aromatic rings. The highest BCUT2D eigenvalue weighted by Crippen LogP contribution is 2.43. The maximum atomic E-state index is 10.9. The van der Waals surface area contributed by atoms with E-state index in [0.717, 1.165) is 0 Å². The summed E-state index contributed by atoms with van der Waals surface area (Å²) in [6.07, 6.45) is -1.03. The van der Waals surface area contributed by atoms with Crippen LogP contribution in [0.2, 0.25) is 0 Å². The molecular formula is C8H10Cl2O4. The van der Waals surface area contributed by atoms with Gasteiger partial charge in [-0.25, -0.2) is 4.79 Å². The number of hydrogen-bond acceptors (Lipinski definition) is 4. The maximum Gasteiger partial charge on any atom is 0.347 e. The molecule has 0 aromatic carbocycles. The van der Waals surface area contributed by atoms with Crippen LogP contribution in [0.15, 0.2) is 0 Å². The molecule has 0 saturated carbocycles. The average molecular weight is 241 g/mol. The SMILES string of the molecule is CC1(C)OC[C@H](C2OC(=O)C2(Cl)Cl)O1. The third-order valence-electron chi connectivity index (χ3n) is 2.23. The molecule has 0 radical (unpaired) electrons. The van der Waals surface area contributed by atoms with E-state index >= 15 is 0 Å². The Hall–Kier alpha value is -0.0300. The zero-order valence-corrected chi connectivity index (χ0v) is 9.26. The Morgan fingerprint density at radius 2 is 2.07 bits per heavy atom. The standard InChI is InChI=1S/C8H10Cl2O4/c1-7(2)12-3-4(14-7)5-8(9,10)6(11)13-5/h4-5H,3H2,1-2H3/t4-,5?/m1/s1. The third-order valence-corrected chi connectivity index (χ3v) is 2.97. The molecule has 0 N–H and O–H groups in total. The van der Waals surface area contributed by atoms with Crippen LogP contribution in [0.1, 0.15) is 13.8 Å². The first-order valence-corrected chi connectivity index (χ1v) is 4.99. The largest absolute Gasteiger partial charge is 0.453 e. The predicted octanol–water partition coefficient (Wildman–Crippen LogP) is 1.24. The summed E-state index contributed by atoms with van der Waals surface area (Å²) in [6.45, 7) is 3.88. The molecule has 2 aliphatic heterocycles. The average Bonchev–Trinajstić information content (AvgIpc) is 2.41. The summed E-state index contributed by atoms with van der Waals surface area (Å²) in [5, 5.41) is 0. The van der Waals surface area contributed by atoms with E-state index in [0.29, 0.717) is 6.61 Å². The smallest absolute Gasteiger partial charge is 0.347 e. The molecule has 0 aliphatic carbocycles. The molecule has 14 heavy (non-hydrogen) atoms. The fourth-order valence-corrected chi connectivity index (χ4v) is 1.96. The Balaban J connectivity index is 2.03. The van der Waals surface area contributed by atoms with E-state index in [1.807, 2.05) is 0 Å². The first-order valence-electron chi connectivity index (χ1n) is 4.23. The lowest BCUT2D eigenvalue weighted by molar-refractivity contribution is -0.196. The van der Waals surface area contributed by atoms with Crippen molar-refractivity contribution in [3.05, 3.63) is 0 Å². The van der Waals surface area contributed by atoms with Crippen molar-refractivity contribution >= 4 is 29.2 Å². The molecule has 0 spiro atoms. The van der Waals surface area contributed by atoms with Gasteiger partial charge in [-0.05, 0) is 13.8 Å². The Morgan fingerprint density at radius 1 is 1.43 bits per heavy atom. The molecule has 80 valence electrons. The Kier molecular flexibility index (Phi) is 2.23. The number of hydrogen-bond donors (Lipinski definition) is 0. The minimum absolute atomic E-state index is 0.326. The number of alkyl halides is 2. The van der Waals surface area contributed by atoms with Crippen molar-refractivity contribution in [3.63, 3.8) is 0 Å². The Morgan fingerprint density at radius 3 is 2.43 bits per heavy atom. The van der Waals surface area contributed by atoms with Gasteiger partial charge in [-0.3, -0.25) is 0 Å². The van der Waals surface area contributed by atoms with Gasteiger partial charge in [0, 0.05) is 0 Å². The number of ether oxygens (including phenoxy) is 3. The summed E-state index contributed by atoms with van der Waals surface area (Å²) in [6, 6.07) is 0. The van der Waals surface area contributed by atoms with Gasteiger partial charge in [0.15, 0.2) is 11.9 Å². The van der Waals surface area contributed by atoms with Crippen molar-refractivity contribution in [3.8, 4) is 0 Å². The van der Waals surface area contributed by atoms with Crippen molar-refractivity contribution in [2.45, 2.75) is 36.2 Å². The second-order valence-electron chi connectivity index (χ2n) is 3.82. The summed E-state index contributed by atoms with van der Waals surface area (Å²) < 4.78 is 14.1. The highest BCUT2D eigenvalue weighted by Gasteiger charge is 2.61. The van der Waals surface area contributed by atoms with Crippen LogP contribution in [0.3, 0.4) is 0 Å². The normalized spacial score (nSPS) is 39.0. The molecule has 4 nitrogen and oxygen atoms in total. The first kappa shape index (κ1) is 10.5. The first-order chi connectivity index (χ1) is 6.33. The molecule has 0 amide bonds. The molecule has 2 heterocycles. The van der Waals surface area contributed by atoms with E-state index < -0.39 is 28.3 Å². The van der Waals surface area contributed by atoms with E-state index in [-0.39, 0.29) is 0 Å². The lowest BCUT2D eigenvalue weighted by atomic mass is 10.1. The zero-order chi connectivity index (χ0) is 10.6. The van der Waals surface area contributed by atoms with Crippen LogP contribution < -0.4 is 0 Å². The summed E-state index contributed by atoms with van der Waals surface area (Å²) in [5.74, 6) is -1.30. The van der Waals surface area contributed by atoms with E-state index in [2.05, 4.69) is 0 Å². The maximum absolute atomic E-state index is 10.9. The number of carbonyl (C=O) groups excluding carboxylic acids is 1. The molecule has 1 unspecified atom stereocenters.